The smallest absolute Gasteiger partial charge is 0.208 e. The largest absolute Gasteiger partial charge is 0.504 e. The SMILES string of the molecule is Oc1c(O)c(O)c(-c2cccc3c2c2ccccc2n3-c2ccc3c(c2)oc2cccc(-c4nc(-c5ccccc5)nc(-c5ccccc5)n4)c23)c(O)c1O. The summed E-state index contributed by atoms with van der Waals surface area (Å²) in [6, 6.07) is 44.4. The average Bonchev–Trinajstić information content (AvgIpc) is 3.78. The van der Waals surface area contributed by atoms with Crippen LogP contribution in [0.4, 0.5) is 0 Å². The number of aromatic hydroxyl groups is 5. The first-order valence-electron chi connectivity index (χ1n) is 17.4. The molecule has 5 N–H and O–H groups in total. The van der Waals surface area contributed by atoms with E-state index in [0.717, 1.165) is 44.1 Å². The molecule has 0 fully saturated rings. The molecule has 10 aromatic rings. The Morgan fingerprint density at radius 3 is 1.67 bits per heavy atom. The summed E-state index contributed by atoms with van der Waals surface area (Å²) in [7, 11) is 0. The lowest BCUT2D eigenvalue weighted by molar-refractivity contribution is 0.330. The van der Waals surface area contributed by atoms with Crippen LogP contribution >= 0.6 is 0 Å². The molecule has 0 saturated heterocycles. The van der Waals surface area contributed by atoms with Gasteiger partial charge in [-0.3, -0.25) is 0 Å². The second-order valence-electron chi connectivity index (χ2n) is 13.2. The Morgan fingerprint density at radius 2 is 0.982 bits per heavy atom. The van der Waals surface area contributed by atoms with Crippen molar-refractivity contribution in [2.75, 3.05) is 0 Å². The lowest BCUT2D eigenvalue weighted by atomic mass is 9.96. The van der Waals surface area contributed by atoms with Gasteiger partial charge in [-0.15, -0.1) is 0 Å². The predicted octanol–water partition coefficient (Wildman–Crippen LogP) is 10.1. The van der Waals surface area contributed by atoms with Crippen LogP contribution in [0.15, 0.2) is 144 Å². The fraction of sp³-hybridized carbons (Fsp3) is 0. The van der Waals surface area contributed by atoms with Crippen molar-refractivity contribution < 1.29 is 29.9 Å². The van der Waals surface area contributed by atoms with Crippen molar-refractivity contribution in [3.63, 3.8) is 0 Å². The number of benzene rings is 7. The fourth-order valence-corrected chi connectivity index (χ4v) is 7.52. The number of furan rings is 1. The highest BCUT2D eigenvalue weighted by Crippen LogP contribution is 2.56. The van der Waals surface area contributed by atoms with E-state index in [2.05, 4.69) is 0 Å². The Balaban J connectivity index is 1.18. The quantitative estimate of drug-likeness (QED) is 0.0862. The van der Waals surface area contributed by atoms with Gasteiger partial charge in [-0.1, -0.05) is 103 Å². The van der Waals surface area contributed by atoms with E-state index < -0.39 is 28.7 Å². The summed E-state index contributed by atoms with van der Waals surface area (Å²) in [5, 5.41) is 55.9. The molecule has 55 heavy (non-hydrogen) atoms. The van der Waals surface area contributed by atoms with Gasteiger partial charge in [0.05, 0.1) is 16.6 Å². The van der Waals surface area contributed by atoms with Gasteiger partial charge in [-0.25, -0.2) is 15.0 Å². The van der Waals surface area contributed by atoms with Gasteiger partial charge in [0, 0.05) is 50.0 Å². The number of phenols is 5. The zero-order valence-corrected chi connectivity index (χ0v) is 28.7. The van der Waals surface area contributed by atoms with Crippen LogP contribution in [-0.4, -0.2) is 45.1 Å². The summed E-state index contributed by atoms with van der Waals surface area (Å²) in [4.78, 5) is 14.8. The molecule has 0 radical (unpaired) electrons. The van der Waals surface area contributed by atoms with Crippen LogP contribution in [0.2, 0.25) is 0 Å². The molecule has 10 nitrogen and oxygen atoms in total. The maximum Gasteiger partial charge on any atom is 0.208 e. The lowest BCUT2D eigenvalue weighted by Crippen LogP contribution is -2.00. The molecule has 264 valence electrons. The molecular formula is C45H28N4O6. The Morgan fingerprint density at radius 1 is 0.418 bits per heavy atom. The van der Waals surface area contributed by atoms with Crippen molar-refractivity contribution in [1.82, 2.24) is 19.5 Å². The third kappa shape index (κ3) is 4.85. The summed E-state index contributed by atoms with van der Waals surface area (Å²) in [5.74, 6) is -2.79. The van der Waals surface area contributed by atoms with Crippen molar-refractivity contribution >= 4 is 43.7 Å². The number of para-hydroxylation sites is 1. The van der Waals surface area contributed by atoms with E-state index in [1.54, 1.807) is 12.1 Å². The molecule has 0 unspecified atom stereocenters. The highest BCUT2D eigenvalue weighted by Gasteiger charge is 2.27. The third-order valence-electron chi connectivity index (χ3n) is 10.0. The minimum atomic E-state index is -1.01. The minimum absolute atomic E-state index is 0.217. The van der Waals surface area contributed by atoms with E-state index in [4.69, 9.17) is 19.4 Å². The number of hydrogen-bond donors (Lipinski definition) is 5. The van der Waals surface area contributed by atoms with Crippen LogP contribution in [0.1, 0.15) is 0 Å². The van der Waals surface area contributed by atoms with Crippen LogP contribution in [0.5, 0.6) is 28.7 Å². The van der Waals surface area contributed by atoms with Crippen molar-refractivity contribution in [3.8, 4) is 79.7 Å². The van der Waals surface area contributed by atoms with Crippen LogP contribution < -0.4 is 0 Å². The molecule has 10 rings (SSSR count). The zero-order valence-electron chi connectivity index (χ0n) is 28.7. The van der Waals surface area contributed by atoms with Gasteiger partial charge in [0.1, 0.15) is 11.2 Å². The van der Waals surface area contributed by atoms with Gasteiger partial charge in [0.2, 0.25) is 17.2 Å². The number of hydrogen-bond acceptors (Lipinski definition) is 9. The number of rotatable bonds is 5. The minimum Gasteiger partial charge on any atom is -0.504 e. The van der Waals surface area contributed by atoms with Gasteiger partial charge in [-0.2, -0.15) is 0 Å². The summed E-state index contributed by atoms with van der Waals surface area (Å²) < 4.78 is 8.58. The standard InChI is InChI=1S/C45H28N4O6/c50-38-37(39(51)41(53)42(54)40(38)52)29-16-9-19-32-35(29)27-15-7-8-18-31(27)49(32)26-21-22-28-34(23-26)55-33-20-10-17-30(36(28)33)45-47-43(24-11-3-1-4-12-24)46-44(48-45)25-13-5-2-6-14-25/h1-23,50-54H. The van der Waals surface area contributed by atoms with Crippen molar-refractivity contribution in [3.05, 3.63) is 140 Å². The molecule has 0 bridgehead atoms. The maximum absolute atomic E-state index is 10.9. The normalized spacial score (nSPS) is 11.6. The molecule has 0 amide bonds. The molecular weight excluding hydrogens is 693 g/mol. The van der Waals surface area contributed by atoms with Gasteiger partial charge >= 0.3 is 0 Å². The number of fused-ring (bicyclic) bond motifs is 6. The van der Waals surface area contributed by atoms with Crippen molar-refractivity contribution in [1.29, 1.82) is 0 Å². The fourth-order valence-electron chi connectivity index (χ4n) is 7.52. The maximum atomic E-state index is 10.9. The Hall–Kier alpha value is -7.85. The number of phenolic OH excluding ortho intramolecular Hbond substituents is 5. The first kappa shape index (κ1) is 31.9. The molecule has 0 atom stereocenters. The molecule has 10 heteroatoms. The topological polar surface area (TPSA) is 158 Å². The molecule has 0 aliphatic carbocycles. The summed E-state index contributed by atoms with van der Waals surface area (Å²) in [6.45, 7) is 0. The van der Waals surface area contributed by atoms with Gasteiger partial charge in [-0.05, 0) is 35.9 Å². The van der Waals surface area contributed by atoms with Crippen LogP contribution in [-0.2, 0) is 0 Å². The second-order valence-corrected chi connectivity index (χ2v) is 13.2. The molecule has 0 aliphatic rings. The molecule has 7 aromatic carbocycles. The highest BCUT2D eigenvalue weighted by atomic mass is 16.4. The summed E-state index contributed by atoms with van der Waals surface area (Å²) in [6.07, 6.45) is 0. The van der Waals surface area contributed by atoms with Crippen LogP contribution in [0.3, 0.4) is 0 Å². The molecule has 0 aliphatic heterocycles. The van der Waals surface area contributed by atoms with Crippen molar-refractivity contribution in [2.45, 2.75) is 0 Å². The van der Waals surface area contributed by atoms with Gasteiger partial charge < -0.3 is 34.5 Å². The number of nitrogens with zero attached hydrogens (tertiary/aromatic N) is 4. The first-order chi connectivity index (χ1) is 26.9. The van der Waals surface area contributed by atoms with E-state index in [1.807, 2.05) is 132 Å². The van der Waals surface area contributed by atoms with Crippen molar-refractivity contribution in [2.24, 2.45) is 0 Å². The van der Waals surface area contributed by atoms with E-state index in [0.29, 0.717) is 45.1 Å². The molecule has 3 aromatic heterocycles. The van der Waals surface area contributed by atoms with Crippen LogP contribution in [0, 0.1) is 0 Å². The Kier molecular flexibility index (Phi) is 7.01. The van der Waals surface area contributed by atoms with Crippen LogP contribution in [0.25, 0.3) is 94.7 Å². The van der Waals surface area contributed by atoms with E-state index in [9.17, 15) is 25.5 Å². The Labute approximate surface area is 311 Å². The molecule has 3 heterocycles. The number of aromatic nitrogens is 4. The molecule has 0 spiro atoms. The molecule has 0 saturated carbocycles. The van der Waals surface area contributed by atoms with E-state index in [1.165, 1.54) is 0 Å². The van der Waals surface area contributed by atoms with Gasteiger partial charge in [0.15, 0.2) is 29.0 Å². The predicted molar refractivity (Wildman–Crippen MR) is 212 cm³/mol. The summed E-state index contributed by atoms with van der Waals surface area (Å²) in [5.41, 5.74) is 6.26. The lowest BCUT2D eigenvalue weighted by Gasteiger charge is -2.14. The Bertz CT molecular complexity index is 3070. The zero-order chi connectivity index (χ0) is 37.4. The first-order valence-corrected chi connectivity index (χ1v) is 17.4. The monoisotopic (exact) mass is 720 g/mol. The van der Waals surface area contributed by atoms with E-state index >= 15 is 0 Å². The summed E-state index contributed by atoms with van der Waals surface area (Å²) >= 11 is 0. The second kappa shape index (κ2) is 12.1. The highest BCUT2D eigenvalue weighted by molar-refractivity contribution is 6.17. The average molecular weight is 721 g/mol. The third-order valence-corrected chi connectivity index (χ3v) is 10.0. The van der Waals surface area contributed by atoms with Gasteiger partial charge in [0.25, 0.3) is 0 Å². The van der Waals surface area contributed by atoms with E-state index in [-0.39, 0.29) is 5.56 Å².